The van der Waals surface area contributed by atoms with Gasteiger partial charge in [-0.3, -0.25) is 9.78 Å². The molecule has 1 aliphatic heterocycles. The largest absolute Gasteiger partial charge is 0.434 e. The van der Waals surface area contributed by atoms with Crippen molar-refractivity contribution in [2.24, 2.45) is 5.14 Å². The van der Waals surface area contributed by atoms with Crippen molar-refractivity contribution >= 4 is 33.0 Å². The van der Waals surface area contributed by atoms with Crippen molar-refractivity contribution in [3.05, 3.63) is 69.8 Å². The second-order valence-corrected chi connectivity index (χ2v) is 9.43. The van der Waals surface area contributed by atoms with Crippen LogP contribution in [0.4, 0.5) is 18.9 Å². The number of aromatic nitrogens is 2. The van der Waals surface area contributed by atoms with Crippen LogP contribution in [0, 0.1) is 0 Å². The summed E-state index contributed by atoms with van der Waals surface area (Å²) in [5.74, 6) is -1.00. The average Bonchev–Trinajstić information content (AvgIpc) is 3.21. The maximum atomic E-state index is 13.5. The normalized spacial score (nSPS) is 14.8. The number of fused-ring (bicyclic) bond motifs is 1. The Balaban J connectivity index is 1.84. The Labute approximate surface area is 185 Å². The lowest BCUT2D eigenvalue weighted by molar-refractivity contribution is -0.141. The van der Waals surface area contributed by atoms with Crippen molar-refractivity contribution in [3.63, 3.8) is 0 Å². The number of alkyl halides is 3. The van der Waals surface area contributed by atoms with E-state index < -0.39 is 38.4 Å². The first-order valence-corrected chi connectivity index (χ1v) is 11.6. The number of hydrogen-bond donors (Lipinski definition) is 1. The standard InChI is InChI=1S/C19H16F3N5O3S2/c20-19(21,22)17-14(2-1-6-25-17)18(28)27(13-3-7-24-16(10-13)32(23,29)30)26-8-4-15-12(11-26)5-9-31-15/h1-3,5-7,9-10H,4,8,11H2,(H2,23,29,30). The van der Waals surface area contributed by atoms with Gasteiger partial charge in [0.2, 0.25) is 0 Å². The first-order valence-electron chi connectivity index (χ1n) is 9.21. The van der Waals surface area contributed by atoms with E-state index in [9.17, 15) is 26.4 Å². The molecule has 4 rings (SSSR count). The van der Waals surface area contributed by atoms with Crippen molar-refractivity contribution in [2.75, 3.05) is 11.6 Å². The molecule has 1 aliphatic rings. The number of amides is 1. The number of primary sulfonamides is 1. The van der Waals surface area contributed by atoms with E-state index in [1.54, 1.807) is 16.3 Å². The molecule has 0 atom stereocenters. The molecule has 3 aromatic heterocycles. The van der Waals surface area contributed by atoms with Crippen LogP contribution in [-0.4, -0.2) is 35.8 Å². The molecule has 0 fully saturated rings. The maximum absolute atomic E-state index is 13.5. The van der Waals surface area contributed by atoms with Crippen LogP contribution in [0.25, 0.3) is 0 Å². The molecule has 0 spiro atoms. The summed E-state index contributed by atoms with van der Waals surface area (Å²) in [6, 6.07) is 6.53. The van der Waals surface area contributed by atoms with Gasteiger partial charge < -0.3 is 0 Å². The van der Waals surface area contributed by atoms with Gasteiger partial charge in [0.15, 0.2) is 10.7 Å². The molecular weight excluding hydrogens is 467 g/mol. The highest BCUT2D eigenvalue weighted by atomic mass is 32.2. The molecule has 8 nitrogen and oxygen atoms in total. The van der Waals surface area contributed by atoms with Crippen LogP contribution in [0.2, 0.25) is 0 Å². The number of anilines is 1. The van der Waals surface area contributed by atoms with Gasteiger partial charge in [0.25, 0.3) is 15.9 Å². The second kappa shape index (κ2) is 8.24. The van der Waals surface area contributed by atoms with E-state index in [0.717, 1.165) is 40.0 Å². The van der Waals surface area contributed by atoms with Gasteiger partial charge in [-0.25, -0.2) is 28.6 Å². The summed E-state index contributed by atoms with van der Waals surface area (Å²) >= 11 is 1.56. The van der Waals surface area contributed by atoms with E-state index in [1.165, 1.54) is 12.1 Å². The minimum atomic E-state index is -4.86. The molecule has 168 valence electrons. The van der Waals surface area contributed by atoms with Gasteiger partial charge in [0, 0.05) is 36.4 Å². The Hall–Kier alpha value is -2.87. The van der Waals surface area contributed by atoms with Crippen molar-refractivity contribution in [2.45, 2.75) is 24.2 Å². The zero-order valence-corrected chi connectivity index (χ0v) is 17.9. The fourth-order valence-corrected chi connectivity index (χ4v) is 4.80. The Bertz CT molecular complexity index is 1280. The van der Waals surface area contributed by atoms with E-state index in [4.69, 9.17) is 5.14 Å². The number of nitrogens with two attached hydrogens (primary N) is 1. The molecule has 0 aliphatic carbocycles. The van der Waals surface area contributed by atoms with Gasteiger partial charge in [-0.15, -0.1) is 11.3 Å². The fraction of sp³-hybridized carbons (Fsp3) is 0.211. The number of nitrogens with zero attached hydrogens (tertiary/aromatic N) is 4. The lowest BCUT2D eigenvalue weighted by Crippen LogP contribution is -2.49. The SMILES string of the molecule is NS(=O)(=O)c1cc(N(C(=O)c2cccnc2C(F)(F)F)N2CCc3sccc3C2)ccn1. The molecular formula is C19H16F3N5O3S2. The molecule has 0 saturated carbocycles. The van der Waals surface area contributed by atoms with Gasteiger partial charge in [-0.2, -0.15) is 13.2 Å². The minimum absolute atomic E-state index is 0.0182. The highest BCUT2D eigenvalue weighted by Crippen LogP contribution is 2.33. The third-order valence-electron chi connectivity index (χ3n) is 4.82. The highest BCUT2D eigenvalue weighted by Gasteiger charge is 2.39. The zero-order chi connectivity index (χ0) is 23.1. The number of hydrazine groups is 1. The van der Waals surface area contributed by atoms with E-state index >= 15 is 0 Å². The lowest BCUT2D eigenvalue weighted by atomic mass is 10.1. The summed E-state index contributed by atoms with van der Waals surface area (Å²) in [6.07, 6.45) is -2.20. The van der Waals surface area contributed by atoms with E-state index in [-0.39, 0.29) is 12.2 Å². The number of hydrogen-bond acceptors (Lipinski definition) is 7. The summed E-state index contributed by atoms with van der Waals surface area (Å²) in [7, 11) is -4.21. The number of thiophene rings is 1. The van der Waals surface area contributed by atoms with Crippen LogP contribution in [0.5, 0.6) is 0 Å². The summed E-state index contributed by atoms with van der Waals surface area (Å²) in [6.45, 7) is 0.577. The summed E-state index contributed by atoms with van der Waals surface area (Å²) < 4.78 is 64.2. The second-order valence-electron chi connectivity index (χ2n) is 6.92. The molecule has 0 bridgehead atoms. The van der Waals surface area contributed by atoms with Crippen molar-refractivity contribution in [1.29, 1.82) is 0 Å². The molecule has 32 heavy (non-hydrogen) atoms. The highest BCUT2D eigenvalue weighted by molar-refractivity contribution is 7.89. The molecule has 4 heterocycles. The van der Waals surface area contributed by atoms with Gasteiger partial charge in [0.05, 0.1) is 11.3 Å². The van der Waals surface area contributed by atoms with Gasteiger partial charge in [-0.1, -0.05) is 0 Å². The van der Waals surface area contributed by atoms with Crippen molar-refractivity contribution in [3.8, 4) is 0 Å². The smallest absolute Gasteiger partial charge is 0.267 e. The summed E-state index contributed by atoms with van der Waals surface area (Å²) in [5, 5.41) is 9.14. The number of carbonyl (C=O) groups excluding carboxylic acids is 1. The summed E-state index contributed by atoms with van der Waals surface area (Å²) in [5.41, 5.74) is -1.04. The monoisotopic (exact) mass is 483 g/mol. The third-order valence-corrected chi connectivity index (χ3v) is 6.65. The molecule has 13 heteroatoms. The number of sulfonamides is 1. The molecule has 0 saturated heterocycles. The van der Waals surface area contributed by atoms with Crippen LogP contribution in [0.15, 0.2) is 53.1 Å². The topological polar surface area (TPSA) is 109 Å². The Kier molecular flexibility index (Phi) is 5.75. The predicted octanol–water partition coefficient (Wildman–Crippen LogP) is 2.82. The van der Waals surface area contributed by atoms with Gasteiger partial charge in [-0.05, 0) is 41.6 Å². The number of pyridine rings is 2. The van der Waals surface area contributed by atoms with E-state index in [2.05, 4.69) is 9.97 Å². The number of halogens is 3. The molecule has 0 radical (unpaired) electrons. The Morgan fingerprint density at radius 2 is 1.97 bits per heavy atom. The van der Waals surface area contributed by atoms with Crippen LogP contribution in [-0.2, 0) is 29.2 Å². The van der Waals surface area contributed by atoms with Crippen LogP contribution < -0.4 is 10.1 Å². The van der Waals surface area contributed by atoms with Crippen LogP contribution in [0.1, 0.15) is 26.5 Å². The fourth-order valence-electron chi connectivity index (χ4n) is 3.42. The number of carbonyl (C=O) groups is 1. The molecule has 2 N–H and O–H groups in total. The average molecular weight is 483 g/mol. The van der Waals surface area contributed by atoms with Crippen molar-refractivity contribution in [1.82, 2.24) is 15.0 Å². The van der Waals surface area contributed by atoms with Gasteiger partial charge in [0.1, 0.15) is 0 Å². The minimum Gasteiger partial charge on any atom is -0.267 e. The molecule has 3 aromatic rings. The van der Waals surface area contributed by atoms with Gasteiger partial charge >= 0.3 is 6.18 Å². The quantitative estimate of drug-likeness (QED) is 0.611. The predicted molar refractivity (Wildman–Crippen MR) is 110 cm³/mol. The van der Waals surface area contributed by atoms with Crippen molar-refractivity contribution < 1.29 is 26.4 Å². The Morgan fingerprint density at radius 1 is 1.19 bits per heavy atom. The third kappa shape index (κ3) is 4.37. The molecule has 0 unspecified atom stereocenters. The van der Waals surface area contributed by atoms with Crippen LogP contribution >= 0.6 is 11.3 Å². The first kappa shape index (κ1) is 22.3. The maximum Gasteiger partial charge on any atom is 0.434 e. The van der Waals surface area contributed by atoms with E-state index in [1.807, 2.05) is 11.4 Å². The Morgan fingerprint density at radius 3 is 2.69 bits per heavy atom. The summed E-state index contributed by atoms with van der Waals surface area (Å²) in [4.78, 5) is 21.6. The lowest BCUT2D eigenvalue weighted by Gasteiger charge is -2.37. The van der Waals surface area contributed by atoms with E-state index in [0.29, 0.717) is 13.0 Å². The van der Waals surface area contributed by atoms with Crippen LogP contribution in [0.3, 0.4) is 0 Å². The number of rotatable bonds is 4. The molecule has 1 amide bonds. The molecule has 0 aromatic carbocycles. The zero-order valence-electron chi connectivity index (χ0n) is 16.3. The first-order chi connectivity index (χ1) is 15.1.